The van der Waals surface area contributed by atoms with Crippen LogP contribution in [0.3, 0.4) is 0 Å². The molecule has 0 aliphatic carbocycles. The van der Waals surface area contributed by atoms with Gasteiger partial charge in [-0.15, -0.1) is 0 Å². The minimum atomic E-state index is -0.315. The van der Waals surface area contributed by atoms with Gasteiger partial charge in [0.25, 0.3) is 0 Å². The number of aliphatic hydroxyl groups is 1. The van der Waals surface area contributed by atoms with Crippen molar-refractivity contribution >= 4 is 0 Å². The normalized spacial score (nSPS) is 16.6. The highest BCUT2D eigenvalue weighted by atomic mass is 16.3. The minimum Gasteiger partial charge on any atom is -0.392 e. The fraction of sp³-hybridized carbons (Fsp3) is 1.00. The fourth-order valence-corrected chi connectivity index (χ4v) is 1.42. The summed E-state index contributed by atoms with van der Waals surface area (Å²) in [5.74, 6) is 1.23. The average Bonchev–Trinajstić information content (AvgIpc) is 1.98. The highest BCUT2D eigenvalue weighted by Gasteiger charge is 2.15. The first-order chi connectivity index (χ1) is 5.93. The molecule has 3 N–H and O–H groups in total. The van der Waals surface area contributed by atoms with Crippen LogP contribution in [-0.2, 0) is 0 Å². The molecule has 2 nitrogen and oxygen atoms in total. The lowest BCUT2D eigenvalue weighted by Crippen LogP contribution is -2.35. The summed E-state index contributed by atoms with van der Waals surface area (Å²) in [4.78, 5) is 0. The van der Waals surface area contributed by atoms with Crippen molar-refractivity contribution in [2.45, 2.75) is 59.1 Å². The molecule has 0 aromatic rings. The van der Waals surface area contributed by atoms with Gasteiger partial charge in [-0.25, -0.2) is 0 Å². The molecule has 0 saturated carbocycles. The van der Waals surface area contributed by atoms with Crippen molar-refractivity contribution < 1.29 is 5.11 Å². The zero-order valence-electron chi connectivity index (χ0n) is 9.46. The van der Waals surface area contributed by atoms with Crippen molar-refractivity contribution in [1.82, 2.24) is 0 Å². The molecular formula is C11H25NO. The first-order valence-corrected chi connectivity index (χ1v) is 5.37. The second kappa shape index (κ2) is 6.39. The second-order valence-corrected chi connectivity index (χ2v) is 4.83. The summed E-state index contributed by atoms with van der Waals surface area (Å²) in [5.41, 5.74) is 5.85. The molecule has 80 valence electrons. The molecule has 0 amide bonds. The molecule has 0 aliphatic heterocycles. The predicted molar refractivity (Wildman–Crippen MR) is 57.5 cm³/mol. The van der Waals surface area contributed by atoms with E-state index in [1.807, 2.05) is 0 Å². The molecule has 0 spiro atoms. The largest absolute Gasteiger partial charge is 0.392 e. The van der Waals surface area contributed by atoms with Crippen molar-refractivity contribution in [2.75, 3.05) is 0 Å². The second-order valence-electron chi connectivity index (χ2n) is 4.83. The van der Waals surface area contributed by atoms with Gasteiger partial charge < -0.3 is 10.8 Å². The van der Waals surface area contributed by atoms with Crippen LogP contribution < -0.4 is 5.73 Å². The van der Waals surface area contributed by atoms with E-state index in [4.69, 9.17) is 5.73 Å². The third-order valence-electron chi connectivity index (χ3n) is 2.28. The van der Waals surface area contributed by atoms with E-state index >= 15 is 0 Å². The first kappa shape index (κ1) is 12.9. The lowest BCUT2D eigenvalue weighted by molar-refractivity contribution is 0.119. The van der Waals surface area contributed by atoms with Gasteiger partial charge in [0, 0.05) is 6.04 Å². The van der Waals surface area contributed by atoms with Crippen molar-refractivity contribution in [1.29, 1.82) is 0 Å². The lowest BCUT2D eigenvalue weighted by atomic mass is 9.95. The smallest absolute Gasteiger partial charge is 0.0691 e. The van der Waals surface area contributed by atoms with Crippen LogP contribution in [0.25, 0.3) is 0 Å². The van der Waals surface area contributed by atoms with Crippen molar-refractivity contribution in [3.8, 4) is 0 Å². The van der Waals surface area contributed by atoms with Gasteiger partial charge in [-0.2, -0.15) is 0 Å². The molecule has 0 rings (SSSR count). The van der Waals surface area contributed by atoms with E-state index in [0.29, 0.717) is 11.8 Å². The molecule has 0 bridgehead atoms. The summed E-state index contributed by atoms with van der Waals surface area (Å²) in [6.07, 6.45) is 2.50. The van der Waals surface area contributed by atoms with Crippen molar-refractivity contribution in [3.05, 3.63) is 0 Å². The Morgan fingerprint density at radius 2 is 1.54 bits per heavy atom. The monoisotopic (exact) mass is 187 g/mol. The van der Waals surface area contributed by atoms with E-state index in [2.05, 4.69) is 27.7 Å². The molecule has 0 radical (unpaired) electrons. The zero-order chi connectivity index (χ0) is 10.4. The van der Waals surface area contributed by atoms with Gasteiger partial charge >= 0.3 is 0 Å². The van der Waals surface area contributed by atoms with Gasteiger partial charge in [0.05, 0.1) is 6.10 Å². The maximum absolute atomic E-state index is 9.69. The maximum atomic E-state index is 9.69. The highest BCUT2D eigenvalue weighted by Crippen LogP contribution is 2.12. The quantitative estimate of drug-likeness (QED) is 0.669. The predicted octanol–water partition coefficient (Wildman–Crippen LogP) is 2.16. The van der Waals surface area contributed by atoms with Crippen LogP contribution in [0.4, 0.5) is 0 Å². The Labute approximate surface area is 82.5 Å². The lowest BCUT2D eigenvalue weighted by Gasteiger charge is -2.21. The summed E-state index contributed by atoms with van der Waals surface area (Å²) in [5, 5.41) is 9.69. The standard InChI is InChI=1S/C11H25NO/c1-8(2)5-6-11(13)10(12)7-9(3)4/h8-11,13H,5-7,12H2,1-4H3/t10-,11-/m0/s1. The summed E-state index contributed by atoms with van der Waals surface area (Å²) < 4.78 is 0. The van der Waals surface area contributed by atoms with Crippen LogP contribution in [0.15, 0.2) is 0 Å². The average molecular weight is 187 g/mol. The molecule has 0 heterocycles. The van der Waals surface area contributed by atoms with Crippen LogP contribution in [0, 0.1) is 11.8 Å². The molecule has 0 unspecified atom stereocenters. The third kappa shape index (κ3) is 7.03. The molecule has 2 atom stereocenters. The summed E-state index contributed by atoms with van der Waals surface area (Å²) in [6.45, 7) is 8.60. The Morgan fingerprint density at radius 1 is 1.00 bits per heavy atom. The SMILES string of the molecule is CC(C)CC[C@H](O)[C@@H](N)CC(C)C. The van der Waals surface area contributed by atoms with Crippen molar-refractivity contribution in [2.24, 2.45) is 17.6 Å². The van der Waals surface area contributed by atoms with Crippen molar-refractivity contribution in [3.63, 3.8) is 0 Å². The molecule has 0 fully saturated rings. The van der Waals surface area contributed by atoms with Gasteiger partial charge in [0.1, 0.15) is 0 Å². The molecular weight excluding hydrogens is 162 g/mol. The van der Waals surface area contributed by atoms with Gasteiger partial charge in [0.2, 0.25) is 0 Å². The van der Waals surface area contributed by atoms with Gasteiger partial charge in [-0.1, -0.05) is 27.7 Å². The fourth-order valence-electron chi connectivity index (χ4n) is 1.42. The Morgan fingerprint density at radius 3 is 1.92 bits per heavy atom. The van der Waals surface area contributed by atoms with Crippen LogP contribution in [0.2, 0.25) is 0 Å². The number of aliphatic hydroxyl groups excluding tert-OH is 1. The maximum Gasteiger partial charge on any atom is 0.0691 e. The Kier molecular flexibility index (Phi) is 6.35. The minimum absolute atomic E-state index is 0.0428. The first-order valence-electron chi connectivity index (χ1n) is 5.37. The van der Waals surface area contributed by atoms with E-state index in [1.165, 1.54) is 0 Å². The van der Waals surface area contributed by atoms with Gasteiger partial charge in [0.15, 0.2) is 0 Å². The van der Waals surface area contributed by atoms with E-state index < -0.39 is 0 Å². The number of hydrogen-bond acceptors (Lipinski definition) is 2. The topological polar surface area (TPSA) is 46.2 Å². The molecule has 0 aromatic carbocycles. The summed E-state index contributed by atoms with van der Waals surface area (Å²) in [6, 6.07) is -0.0428. The summed E-state index contributed by atoms with van der Waals surface area (Å²) in [7, 11) is 0. The molecule has 2 heteroatoms. The van der Waals surface area contributed by atoms with E-state index in [0.717, 1.165) is 19.3 Å². The van der Waals surface area contributed by atoms with Crippen LogP contribution >= 0.6 is 0 Å². The zero-order valence-corrected chi connectivity index (χ0v) is 9.46. The molecule has 0 aliphatic rings. The van der Waals surface area contributed by atoms with Gasteiger partial charge in [-0.3, -0.25) is 0 Å². The Hall–Kier alpha value is -0.0800. The third-order valence-corrected chi connectivity index (χ3v) is 2.28. The summed E-state index contributed by atoms with van der Waals surface area (Å²) >= 11 is 0. The number of nitrogens with two attached hydrogens (primary N) is 1. The van der Waals surface area contributed by atoms with Crippen LogP contribution in [0.1, 0.15) is 47.0 Å². The Balaban J connectivity index is 3.62. The number of hydrogen-bond donors (Lipinski definition) is 2. The van der Waals surface area contributed by atoms with Crippen LogP contribution in [0.5, 0.6) is 0 Å². The molecule has 0 aromatic heterocycles. The Bertz CT molecular complexity index is 123. The molecule has 0 saturated heterocycles. The van der Waals surface area contributed by atoms with Gasteiger partial charge in [-0.05, 0) is 31.1 Å². The van der Waals surface area contributed by atoms with E-state index in [-0.39, 0.29) is 12.1 Å². The highest BCUT2D eigenvalue weighted by molar-refractivity contribution is 4.73. The van der Waals surface area contributed by atoms with E-state index in [9.17, 15) is 5.11 Å². The number of rotatable bonds is 6. The molecule has 13 heavy (non-hydrogen) atoms. The van der Waals surface area contributed by atoms with Crippen LogP contribution in [-0.4, -0.2) is 17.3 Å². The van der Waals surface area contributed by atoms with E-state index in [1.54, 1.807) is 0 Å².